The van der Waals surface area contributed by atoms with Crippen molar-refractivity contribution >= 4 is 23.2 Å². The van der Waals surface area contributed by atoms with Crippen molar-refractivity contribution in [3.8, 4) is 0 Å². The molecule has 0 fully saturated rings. The Morgan fingerprint density at radius 3 is 2.14 bits per heavy atom. The molecule has 0 heterocycles. The molecule has 0 saturated carbocycles. The Kier molecular flexibility index (Phi) is 3.86. The van der Waals surface area contributed by atoms with Gasteiger partial charge in [0.05, 0.1) is 0 Å². The van der Waals surface area contributed by atoms with E-state index in [4.69, 9.17) is 23.2 Å². The topological polar surface area (TPSA) is 0 Å². The molecule has 0 aliphatic carbocycles. The van der Waals surface area contributed by atoms with Gasteiger partial charge >= 0.3 is 0 Å². The summed E-state index contributed by atoms with van der Waals surface area (Å²) in [6.45, 7) is 6.43. The van der Waals surface area contributed by atoms with Gasteiger partial charge < -0.3 is 0 Å². The predicted octanol–water partition coefficient (Wildman–Crippen LogP) is 4.64. The van der Waals surface area contributed by atoms with Crippen LogP contribution in [0.4, 0.5) is 0 Å². The highest BCUT2D eigenvalue weighted by molar-refractivity contribution is 6.30. The maximum absolute atomic E-state index is 6.02. The molecule has 1 aromatic rings. The number of halogens is 2. The van der Waals surface area contributed by atoms with E-state index in [2.05, 4.69) is 26.0 Å². The first-order valence-electron chi connectivity index (χ1n) is 4.82. The highest BCUT2D eigenvalue weighted by atomic mass is 35.5. The molecule has 78 valence electrons. The van der Waals surface area contributed by atoms with Crippen molar-refractivity contribution in [2.75, 3.05) is 0 Å². The number of benzene rings is 1. The van der Waals surface area contributed by atoms with Crippen LogP contribution in [0.5, 0.6) is 0 Å². The van der Waals surface area contributed by atoms with Gasteiger partial charge in [-0.05, 0) is 36.5 Å². The summed E-state index contributed by atoms with van der Waals surface area (Å²) in [6, 6.07) is 8.00. The minimum Gasteiger partial charge on any atom is -0.123 e. The molecular weight excluding hydrogens is 215 g/mol. The Morgan fingerprint density at radius 1 is 1.21 bits per heavy atom. The average molecular weight is 231 g/mol. The highest BCUT2D eigenvalue weighted by Gasteiger charge is 2.22. The fourth-order valence-electron chi connectivity index (χ4n) is 1.72. The summed E-state index contributed by atoms with van der Waals surface area (Å²) in [5.41, 5.74) is 1.40. The largest absolute Gasteiger partial charge is 0.123 e. The summed E-state index contributed by atoms with van der Waals surface area (Å²) in [5, 5.41) is 0.976. The van der Waals surface area contributed by atoms with Gasteiger partial charge in [-0.1, -0.05) is 37.6 Å². The molecular formula is C12H16Cl2. The number of alkyl halides is 1. The normalized spacial score (nSPS) is 14.1. The van der Waals surface area contributed by atoms with Crippen molar-refractivity contribution in [2.45, 2.75) is 38.0 Å². The van der Waals surface area contributed by atoms with E-state index in [1.54, 1.807) is 0 Å². The summed E-state index contributed by atoms with van der Waals surface area (Å²) in [7, 11) is 0. The Morgan fingerprint density at radius 2 is 1.71 bits per heavy atom. The van der Waals surface area contributed by atoms with Crippen LogP contribution >= 0.6 is 23.2 Å². The van der Waals surface area contributed by atoms with Crippen LogP contribution in [0, 0.1) is 0 Å². The smallest absolute Gasteiger partial charge is 0.0406 e. The zero-order valence-corrected chi connectivity index (χ0v) is 10.4. The van der Waals surface area contributed by atoms with Gasteiger partial charge in [0.15, 0.2) is 0 Å². The molecule has 1 aromatic carbocycles. The summed E-state index contributed by atoms with van der Waals surface area (Å²) >= 11 is 11.9. The third kappa shape index (κ3) is 3.18. The van der Waals surface area contributed by atoms with Gasteiger partial charge in [-0.15, -0.1) is 11.6 Å². The molecule has 0 radical (unpaired) electrons. The van der Waals surface area contributed by atoms with Gasteiger partial charge in [-0.25, -0.2) is 0 Å². The monoisotopic (exact) mass is 230 g/mol. The van der Waals surface area contributed by atoms with E-state index < -0.39 is 0 Å². The molecule has 0 amide bonds. The van der Waals surface area contributed by atoms with Gasteiger partial charge in [0.1, 0.15) is 0 Å². The maximum Gasteiger partial charge on any atom is 0.0406 e. The lowest BCUT2D eigenvalue weighted by molar-refractivity contribution is 0.477. The quantitative estimate of drug-likeness (QED) is 0.665. The second-order valence-electron chi connectivity index (χ2n) is 4.38. The molecule has 1 atom stereocenters. The van der Waals surface area contributed by atoms with E-state index in [0.717, 1.165) is 11.4 Å². The lowest BCUT2D eigenvalue weighted by Crippen LogP contribution is -2.20. The molecule has 1 unspecified atom stereocenters. The van der Waals surface area contributed by atoms with Gasteiger partial charge in [0.2, 0.25) is 0 Å². The minimum atomic E-state index is 0.117. The number of hydrogen-bond acceptors (Lipinski definition) is 0. The minimum absolute atomic E-state index is 0.117. The molecule has 1 rings (SSSR count). The van der Waals surface area contributed by atoms with Crippen molar-refractivity contribution in [1.82, 2.24) is 0 Å². The molecule has 0 aromatic heterocycles. The first-order chi connectivity index (χ1) is 6.42. The maximum atomic E-state index is 6.02. The van der Waals surface area contributed by atoms with Crippen LogP contribution in [0.1, 0.15) is 32.8 Å². The van der Waals surface area contributed by atoms with E-state index in [1.807, 2.05) is 19.1 Å². The molecule has 0 aliphatic rings. The van der Waals surface area contributed by atoms with Crippen LogP contribution in [0.15, 0.2) is 24.3 Å². The summed E-state index contributed by atoms with van der Waals surface area (Å²) in [6.07, 6.45) is 0.968. The second kappa shape index (κ2) is 4.55. The predicted molar refractivity (Wildman–Crippen MR) is 64.4 cm³/mol. The lowest BCUT2D eigenvalue weighted by atomic mass is 9.81. The fraction of sp³-hybridized carbons (Fsp3) is 0.500. The molecule has 0 bridgehead atoms. The molecule has 0 nitrogen and oxygen atoms in total. The molecule has 0 saturated heterocycles. The van der Waals surface area contributed by atoms with Gasteiger partial charge in [-0.2, -0.15) is 0 Å². The third-order valence-electron chi connectivity index (χ3n) is 2.42. The summed E-state index contributed by atoms with van der Waals surface area (Å²) in [4.78, 5) is 0. The van der Waals surface area contributed by atoms with Crippen LogP contribution in [-0.4, -0.2) is 5.38 Å². The number of hydrogen-bond donors (Lipinski definition) is 0. The van der Waals surface area contributed by atoms with E-state index in [1.165, 1.54) is 5.56 Å². The van der Waals surface area contributed by atoms with Crippen molar-refractivity contribution in [3.63, 3.8) is 0 Å². The summed E-state index contributed by atoms with van der Waals surface area (Å²) < 4.78 is 0. The molecule has 0 N–H and O–H groups in total. The van der Waals surface area contributed by atoms with E-state index >= 15 is 0 Å². The summed E-state index contributed by atoms with van der Waals surface area (Å²) in [5.74, 6) is 0. The van der Waals surface area contributed by atoms with Gasteiger partial charge in [-0.3, -0.25) is 0 Å². The first-order valence-corrected chi connectivity index (χ1v) is 5.63. The van der Waals surface area contributed by atoms with E-state index in [-0.39, 0.29) is 10.8 Å². The molecule has 0 aliphatic heterocycles. The van der Waals surface area contributed by atoms with Gasteiger partial charge in [0.25, 0.3) is 0 Å². The van der Waals surface area contributed by atoms with Crippen molar-refractivity contribution in [2.24, 2.45) is 0 Å². The van der Waals surface area contributed by atoms with Crippen LogP contribution in [0.25, 0.3) is 0 Å². The van der Waals surface area contributed by atoms with Crippen LogP contribution in [0.3, 0.4) is 0 Å². The van der Waals surface area contributed by atoms with Crippen molar-refractivity contribution in [3.05, 3.63) is 34.9 Å². The third-order valence-corrected chi connectivity index (χ3v) is 2.82. The molecule has 0 spiro atoms. The highest BCUT2D eigenvalue weighted by Crippen LogP contribution is 2.30. The zero-order chi connectivity index (χ0) is 10.8. The number of rotatable bonds is 3. The van der Waals surface area contributed by atoms with Crippen molar-refractivity contribution < 1.29 is 0 Å². The average Bonchev–Trinajstić information content (AvgIpc) is 2.02. The fourth-order valence-corrected chi connectivity index (χ4v) is 2.23. The Hall–Kier alpha value is -0.200. The molecule has 14 heavy (non-hydrogen) atoms. The Balaban J connectivity index is 2.86. The van der Waals surface area contributed by atoms with Crippen LogP contribution in [0.2, 0.25) is 5.02 Å². The second-order valence-corrected chi connectivity index (χ2v) is 5.56. The standard InChI is InChI=1S/C12H16Cl2/c1-9(13)8-12(2,3)10-4-6-11(14)7-5-10/h4-7,9H,8H2,1-3H3. The van der Waals surface area contributed by atoms with E-state index in [0.29, 0.717) is 0 Å². The van der Waals surface area contributed by atoms with Crippen molar-refractivity contribution in [1.29, 1.82) is 0 Å². The van der Waals surface area contributed by atoms with Crippen LogP contribution < -0.4 is 0 Å². The zero-order valence-electron chi connectivity index (χ0n) is 8.85. The van der Waals surface area contributed by atoms with Gasteiger partial charge in [0, 0.05) is 10.4 Å². The lowest BCUT2D eigenvalue weighted by Gasteiger charge is -2.26. The van der Waals surface area contributed by atoms with Crippen LogP contribution in [-0.2, 0) is 5.41 Å². The Bertz CT molecular complexity index is 286. The first kappa shape index (κ1) is 11.9. The SMILES string of the molecule is CC(Cl)CC(C)(C)c1ccc(Cl)cc1. The van der Waals surface area contributed by atoms with E-state index in [9.17, 15) is 0 Å². The Labute approximate surface area is 96.2 Å². The molecule has 2 heteroatoms.